The van der Waals surface area contributed by atoms with Crippen molar-refractivity contribution >= 4 is 29.0 Å². The molecule has 0 spiro atoms. The first-order valence-corrected chi connectivity index (χ1v) is 7.34. The number of aromatic nitrogens is 1. The van der Waals surface area contributed by atoms with Gasteiger partial charge in [-0.1, -0.05) is 24.4 Å². The van der Waals surface area contributed by atoms with Gasteiger partial charge in [-0.3, -0.25) is 4.98 Å². The van der Waals surface area contributed by atoms with E-state index in [9.17, 15) is 0 Å². The van der Waals surface area contributed by atoms with Crippen molar-refractivity contribution in [1.29, 1.82) is 0 Å². The van der Waals surface area contributed by atoms with Crippen LogP contribution in [0.15, 0.2) is 47.5 Å². The molecule has 0 fully saturated rings. The molecule has 0 radical (unpaired) electrons. The molecular weight excluding hydrogens is 276 g/mol. The molecule has 0 aliphatic carbocycles. The van der Waals surface area contributed by atoms with Gasteiger partial charge >= 0.3 is 0 Å². The van der Waals surface area contributed by atoms with Crippen LogP contribution in [0.3, 0.4) is 0 Å². The predicted molar refractivity (Wildman–Crippen MR) is 82.7 cm³/mol. The van der Waals surface area contributed by atoms with Crippen LogP contribution in [0.5, 0.6) is 5.75 Å². The molecule has 0 saturated heterocycles. The van der Waals surface area contributed by atoms with E-state index in [4.69, 9.17) is 22.7 Å². The number of hydrogen-bond donors (Lipinski definition) is 1. The summed E-state index contributed by atoms with van der Waals surface area (Å²) in [6, 6.07) is 11.7. The topological polar surface area (TPSA) is 48.1 Å². The fourth-order valence-electron chi connectivity index (χ4n) is 1.60. The highest BCUT2D eigenvalue weighted by molar-refractivity contribution is 7.98. The van der Waals surface area contributed by atoms with Crippen LogP contribution < -0.4 is 10.5 Å². The van der Waals surface area contributed by atoms with E-state index >= 15 is 0 Å². The van der Waals surface area contributed by atoms with E-state index < -0.39 is 0 Å². The van der Waals surface area contributed by atoms with Crippen LogP contribution in [0.2, 0.25) is 0 Å². The molecule has 1 aromatic heterocycles. The maximum Gasteiger partial charge on any atom is 0.133 e. The van der Waals surface area contributed by atoms with Crippen molar-refractivity contribution in [2.75, 3.05) is 6.26 Å². The second kappa shape index (κ2) is 6.54. The fourth-order valence-corrected chi connectivity index (χ4v) is 2.25. The number of hydrogen-bond acceptors (Lipinski definition) is 4. The summed E-state index contributed by atoms with van der Waals surface area (Å²) in [5, 5.41) is 0. The minimum absolute atomic E-state index is 0.298. The number of pyridine rings is 1. The molecule has 0 amide bonds. The van der Waals surface area contributed by atoms with Gasteiger partial charge in [0.05, 0.1) is 5.69 Å². The monoisotopic (exact) mass is 290 g/mol. The number of para-hydroxylation sites is 1. The van der Waals surface area contributed by atoms with Crippen LogP contribution >= 0.6 is 24.0 Å². The number of thiocarbonyl (C=S) groups is 1. The summed E-state index contributed by atoms with van der Waals surface area (Å²) in [5.41, 5.74) is 7.17. The van der Waals surface area contributed by atoms with Gasteiger partial charge in [0.15, 0.2) is 0 Å². The quantitative estimate of drug-likeness (QED) is 0.677. The molecule has 0 aliphatic rings. The Morgan fingerprint density at radius 2 is 2.16 bits per heavy atom. The van der Waals surface area contributed by atoms with E-state index in [0.717, 1.165) is 16.2 Å². The van der Waals surface area contributed by atoms with Crippen LogP contribution in [0.4, 0.5) is 0 Å². The van der Waals surface area contributed by atoms with Gasteiger partial charge < -0.3 is 10.5 Å². The van der Waals surface area contributed by atoms with E-state index in [2.05, 4.69) is 4.98 Å². The largest absolute Gasteiger partial charge is 0.488 e. The minimum Gasteiger partial charge on any atom is -0.488 e. The zero-order chi connectivity index (χ0) is 13.7. The molecule has 1 aromatic carbocycles. The first-order chi connectivity index (χ1) is 9.20. The molecule has 2 aromatic rings. The van der Waals surface area contributed by atoms with Gasteiger partial charge in [0.25, 0.3) is 0 Å². The fraction of sp³-hybridized carbons (Fsp3) is 0.143. The third kappa shape index (κ3) is 3.68. The lowest BCUT2D eigenvalue weighted by atomic mass is 10.2. The third-order valence-corrected chi connectivity index (χ3v) is 3.53. The average molecular weight is 290 g/mol. The molecule has 0 saturated carbocycles. The van der Waals surface area contributed by atoms with Crippen molar-refractivity contribution in [3.8, 4) is 5.75 Å². The molecule has 1 heterocycles. The lowest BCUT2D eigenvalue weighted by Gasteiger charge is -2.10. The van der Waals surface area contributed by atoms with Crippen LogP contribution in [-0.2, 0) is 6.61 Å². The Kier molecular flexibility index (Phi) is 4.76. The molecule has 98 valence electrons. The van der Waals surface area contributed by atoms with Crippen LogP contribution in [0.25, 0.3) is 0 Å². The van der Waals surface area contributed by atoms with Crippen LogP contribution in [0, 0.1) is 0 Å². The molecular formula is C14H14N2OS2. The summed E-state index contributed by atoms with van der Waals surface area (Å²) < 4.78 is 5.82. The molecule has 5 heteroatoms. The molecule has 0 atom stereocenters. The van der Waals surface area contributed by atoms with Crippen LogP contribution in [-0.4, -0.2) is 16.2 Å². The van der Waals surface area contributed by atoms with E-state index in [1.807, 2.05) is 42.7 Å². The van der Waals surface area contributed by atoms with Gasteiger partial charge in [-0.05, 0) is 36.1 Å². The second-order valence-corrected chi connectivity index (χ2v) is 5.14. The molecule has 0 bridgehead atoms. The van der Waals surface area contributed by atoms with Gasteiger partial charge in [0.1, 0.15) is 17.3 Å². The molecule has 19 heavy (non-hydrogen) atoms. The van der Waals surface area contributed by atoms with Gasteiger partial charge in [0.2, 0.25) is 0 Å². The first kappa shape index (κ1) is 13.8. The molecule has 0 aliphatic heterocycles. The van der Waals surface area contributed by atoms with Gasteiger partial charge in [-0.25, -0.2) is 0 Å². The summed E-state index contributed by atoms with van der Waals surface area (Å²) in [7, 11) is 0. The SMILES string of the molecule is CSc1ccccc1OCc1ccnc(C(N)=S)c1. The average Bonchev–Trinajstić information content (AvgIpc) is 2.45. The van der Waals surface area contributed by atoms with Crippen LogP contribution in [0.1, 0.15) is 11.3 Å². The van der Waals surface area contributed by atoms with Crippen molar-refractivity contribution < 1.29 is 4.74 Å². The van der Waals surface area contributed by atoms with Crippen molar-refractivity contribution in [2.24, 2.45) is 5.73 Å². The lowest BCUT2D eigenvalue weighted by Crippen LogP contribution is -2.12. The number of benzene rings is 1. The van der Waals surface area contributed by atoms with Crippen molar-refractivity contribution in [3.63, 3.8) is 0 Å². The Morgan fingerprint density at radius 1 is 1.37 bits per heavy atom. The number of ether oxygens (including phenoxy) is 1. The first-order valence-electron chi connectivity index (χ1n) is 5.71. The molecule has 0 unspecified atom stereocenters. The van der Waals surface area contributed by atoms with Crippen molar-refractivity contribution in [3.05, 3.63) is 53.9 Å². The second-order valence-electron chi connectivity index (χ2n) is 3.85. The highest BCUT2D eigenvalue weighted by atomic mass is 32.2. The summed E-state index contributed by atoms with van der Waals surface area (Å²) in [5.74, 6) is 0.878. The van der Waals surface area contributed by atoms with Gasteiger partial charge in [-0.15, -0.1) is 11.8 Å². The number of rotatable bonds is 5. The lowest BCUT2D eigenvalue weighted by molar-refractivity contribution is 0.299. The Hall–Kier alpha value is -1.59. The summed E-state index contributed by atoms with van der Waals surface area (Å²) in [4.78, 5) is 5.52. The molecule has 2 rings (SSSR count). The Bertz CT molecular complexity index is 587. The van der Waals surface area contributed by atoms with E-state index in [-0.39, 0.29) is 0 Å². The maximum absolute atomic E-state index is 5.82. The minimum atomic E-state index is 0.298. The molecule has 2 N–H and O–H groups in total. The smallest absolute Gasteiger partial charge is 0.133 e. The Balaban J connectivity index is 2.10. The zero-order valence-electron chi connectivity index (χ0n) is 10.5. The third-order valence-electron chi connectivity index (χ3n) is 2.54. The van der Waals surface area contributed by atoms with Crippen molar-refractivity contribution in [2.45, 2.75) is 11.5 Å². The molecule has 3 nitrogen and oxygen atoms in total. The highest BCUT2D eigenvalue weighted by Crippen LogP contribution is 2.27. The summed E-state index contributed by atoms with van der Waals surface area (Å²) in [6.45, 7) is 0.468. The van der Waals surface area contributed by atoms with E-state index in [1.165, 1.54) is 0 Å². The van der Waals surface area contributed by atoms with E-state index in [1.54, 1.807) is 18.0 Å². The van der Waals surface area contributed by atoms with Gasteiger partial charge in [-0.2, -0.15) is 0 Å². The van der Waals surface area contributed by atoms with Crippen molar-refractivity contribution in [1.82, 2.24) is 4.98 Å². The zero-order valence-corrected chi connectivity index (χ0v) is 12.1. The van der Waals surface area contributed by atoms with E-state index in [0.29, 0.717) is 17.3 Å². The summed E-state index contributed by atoms with van der Waals surface area (Å²) in [6.07, 6.45) is 3.72. The normalized spacial score (nSPS) is 10.2. The Morgan fingerprint density at radius 3 is 2.89 bits per heavy atom. The number of nitrogens with zero attached hydrogens (tertiary/aromatic N) is 1. The Labute approximate surface area is 122 Å². The number of thioether (sulfide) groups is 1. The summed E-state index contributed by atoms with van der Waals surface area (Å²) >= 11 is 6.57. The van der Waals surface area contributed by atoms with Gasteiger partial charge in [0, 0.05) is 11.1 Å². The predicted octanol–water partition coefficient (Wildman–Crippen LogP) is 3.02. The standard InChI is InChI=1S/C14H14N2OS2/c1-19-13-5-3-2-4-12(13)17-9-10-6-7-16-11(8-10)14(15)18/h2-8H,9H2,1H3,(H2,15,18). The number of nitrogens with two attached hydrogens (primary N) is 1. The highest BCUT2D eigenvalue weighted by Gasteiger charge is 2.04. The maximum atomic E-state index is 5.82.